The molecule has 0 saturated carbocycles. The Kier molecular flexibility index (Phi) is 5.03. The van der Waals surface area contributed by atoms with Crippen molar-refractivity contribution in [2.45, 2.75) is 13.0 Å². The van der Waals surface area contributed by atoms with Crippen molar-refractivity contribution in [1.29, 1.82) is 0 Å². The topological polar surface area (TPSA) is 113 Å². The highest BCUT2D eigenvalue weighted by Crippen LogP contribution is 2.38. The van der Waals surface area contributed by atoms with E-state index in [4.69, 9.17) is 15.2 Å². The van der Waals surface area contributed by atoms with E-state index in [2.05, 4.69) is 15.0 Å². The Morgan fingerprint density at radius 2 is 1.72 bits per heavy atom. The first-order valence-corrected chi connectivity index (χ1v) is 11.2. The Morgan fingerprint density at radius 3 is 2.50 bits per heavy atom. The van der Waals surface area contributed by atoms with E-state index >= 15 is 0 Å². The lowest BCUT2D eigenvalue weighted by atomic mass is 9.96. The number of nitrogens with two attached hydrogens (primary N) is 1. The summed E-state index contributed by atoms with van der Waals surface area (Å²) in [6.45, 7) is 1.86. The van der Waals surface area contributed by atoms with Gasteiger partial charge >= 0.3 is 5.63 Å². The second-order valence-corrected chi connectivity index (χ2v) is 8.36. The van der Waals surface area contributed by atoms with Crippen molar-refractivity contribution in [3.05, 3.63) is 101 Å². The molecule has 36 heavy (non-hydrogen) atoms. The highest BCUT2D eigenvalue weighted by molar-refractivity contribution is 5.99. The lowest BCUT2D eigenvalue weighted by Gasteiger charge is -2.18. The van der Waals surface area contributed by atoms with Crippen LogP contribution in [-0.2, 0) is 0 Å². The zero-order valence-corrected chi connectivity index (χ0v) is 19.1. The molecule has 9 heteroatoms. The molecule has 0 radical (unpaired) electrons. The normalized spacial score (nSPS) is 12.3. The molecule has 8 nitrogen and oxygen atoms in total. The van der Waals surface area contributed by atoms with Crippen LogP contribution in [0.25, 0.3) is 44.2 Å². The molecule has 0 amide bonds. The van der Waals surface area contributed by atoms with Gasteiger partial charge < -0.3 is 10.2 Å². The molecule has 6 rings (SSSR count). The lowest BCUT2D eigenvalue weighted by molar-refractivity contribution is 0.405. The number of hydrogen-bond acceptors (Lipinski definition) is 7. The maximum absolute atomic E-state index is 14.0. The number of pyridine rings is 1. The first-order chi connectivity index (χ1) is 17.5. The van der Waals surface area contributed by atoms with Crippen LogP contribution in [-0.4, -0.2) is 24.7 Å². The number of anilines is 1. The van der Waals surface area contributed by atoms with Crippen LogP contribution >= 0.6 is 0 Å². The summed E-state index contributed by atoms with van der Waals surface area (Å²) < 4.78 is 21.6. The molecule has 0 spiro atoms. The minimum atomic E-state index is -0.579. The number of fused-ring (bicyclic) bond motifs is 2. The van der Waals surface area contributed by atoms with Crippen molar-refractivity contribution >= 4 is 27.6 Å². The molecule has 176 valence electrons. The highest BCUT2D eigenvalue weighted by Gasteiger charge is 2.26. The SMILES string of the molecule is CC(c1oc(=O)c2ccccc2c1-c1ccccc1)n1nc(-c2cncc(F)c2)c2c(N)ncnc21. The van der Waals surface area contributed by atoms with Crippen LogP contribution in [0.1, 0.15) is 18.7 Å². The van der Waals surface area contributed by atoms with E-state index in [-0.39, 0.29) is 5.82 Å². The van der Waals surface area contributed by atoms with Gasteiger partial charge in [0.1, 0.15) is 35.5 Å². The van der Waals surface area contributed by atoms with E-state index < -0.39 is 17.5 Å². The van der Waals surface area contributed by atoms with E-state index in [0.29, 0.717) is 33.4 Å². The number of hydrogen-bond donors (Lipinski definition) is 1. The van der Waals surface area contributed by atoms with E-state index in [1.807, 2.05) is 49.4 Å². The molecule has 0 aliphatic heterocycles. The van der Waals surface area contributed by atoms with Crippen LogP contribution in [0.15, 0.2) is 88.6 Å². The van der Waals surface area contributed by atoms with Crippen molar-refractivity contribution in [3.8, 4) is 22.4 Å². The summed E-state index contributed by atoms with van der Waals surface area (Å²) in [4.78, 5) is 25.5. The zero-order valence-electron chi connectivity index (χ0n) is 19.1. The standard InChI is InChI=1S/C27H19FN6O2/c1-15(24-21(16-7-3-2-4-8-16)19-9-5-6-10-20(19)27(35)36-24)34-26-22(25(29)31-14-32-26)23(33-34)17-11-18(28)13-30-12-17/h2-15H,1H3,(H2,29,31,32). The molecule has 1 atom stereocenters. The average Bonchev–Trinajstić information content (AvgIpc) is 3.30. The summed E-state index contributed by atoms with van der Waals surface area (Å²) in [6, 6.07) is 17.8. The number of halogens is 1. The predicted octanol–water partition coefficient (Wildman–Crippen LogP) is 4.99. The maximum Gasteiger partial charge on any atom is 0.343 e. The Morgan fingerprint density at radius 1 is 0.972 bits per heavy atom. The predicted molar refractivity (Wildman–Crippen MR) is 135 cm³/mol. The molecule has 0 fully saturated rings. The van der Waals surface area contributed by atoms with Gasteiger partial charge in [-0.2, -0.15) is 5.10 Å². The Bertz CT molecular complexity index is 1810. The zero-order chi connectivity index (χ0) is 24.8. The van der Waals surface area contributed by atoms with Crippen LogP contribution < -0.4 is 11.4 Å². The summed E-state index contributed by atoms with van der Waals surface area (Å²) in [5.74, 6) is 0.0990. The van der Waals surface area contributed by atoms with Gasteiger partial charge in [0.25, 0.3) is 0 Å². The molecule has 4 aromatic heterocycles. The lowest BCUT2D eigenvalue weighted by Crippen LogP contribution is -2.14. The van der Waals surface area contributed by atoms with Crippen molar-refractivity contribution in [2.75, 3.05) is 5.73 Å². The maximum atomic E-state index is 14.0. The van der Waals surface area contributed by atoms with Crippen LogP contribution in [0.4, 0.5) is 10.2 Å². The quantitative estimate of drug-likeness (QED) is 0.380. The summed E-state index contributed by atoms with van der Waals surface area (Å²) in [5, 5.41) is 6.46. The fourth-order valence-electron chi connectivity index (χ4n) is 4.53. The molecule has 2 N–H and O–H groups in total. The number of aromatic nitrogens is 5. The van der Waals surface area contributed by atoms with Crippen LogP contribution in [0.5, 0.6) is 0 Å². The summed E-state index contributed by atoms with van der Waals surface area (Å²) in [7, 11) is 0. The smallest absolute Gasteiger partial charge is 0.343 e. The molecular formula is C27H19FN6O2. The van der Waals surface area contributed by atoms with Gasteiger partial charge in [-0.15, -0.1) is 0 Å². The van der Waals surface area contributed by atoms with E-state index in [9.17, 15) is 9.18 Å². The van der Waals surface area contributed by atoms with Crippen molar-refractivity contribution < 1.29 is 8.81 Å². The number of nitrogen functional groups attached to an aromatic ring is 1. The summed E-state index contributed by atoms with van der Waals surface area (Å²) in [5.41, 5.74) is 8.65. The molecular weight excluding hydrogens is 459 g/mol. The molecule has 0 aliphatic carbocycles. The van der Waals surface area contributed by atoms with Gasteiger partial charge in [0, 0.05) is 22.7 Å². The van der Waals surface area contributed by atoms with Crippen LogP contribution in [0.3, 0.4) is 0 Å². The van der Waals surface area contributed by atoms with Crippen molar-refractivity contribution in [2.24, 2.45) is 0 Å². The molecule has 1 unspecified atom stereocenters. The third-order valence-corrected chi connectivity index (χ3v) is 6.17. The van der Waals surface area contributed by atoms with Gasteiger partial charge in [-0.05, 0) is 24.6 Å². The highest BCUT2D eigenvalue weighted by atomic mass is 19.1. The van der Waals surface area contributed by atoms with Gasteiger partial charge in [0.05, 0.1) is 17.0 Å². The third-order valence-electron chi connectivity index (χ3n) is 6.17. The molecule has 6 aromatic rings. The fourth-order valence-corrected chi connectivity index (χ4v) is 4.53. The number of rotatable bonds is 4. The van der Waals surface area contributed by atoms with Gasteiger partial charge in [-0.3, -0.25) is 4.98 Å². The Balaban J connectivity index is 1.65. The largest absolute Gasteiger partial charge is 0.424 e. The van der Waals surface area contributed by atoms with Gasteiger partial charge in [-0.1, -0.05) is 48.5 Å². The second-order valence-electron chi connectivity index (χ2n) is 8.36. The molecule has 0 saturated heterocycles. The Labute approximate surface area is 203 Å². The van der Waals surface area contributed by atoms with E-state index in [1.54, 1.807) is 16.8 Å². The number of nitrogens with zero attached hydrogens (tertiary/aromatic N) is 5. The molecule has 0 bridgehead atoms. The first-order valence-electron chi connectivity index (χ1n) is 11.2. The molecule has 2 aromatic carbocycles. The van der Waals surface area contributed by atoms with Gasteiger partial charge in [0.2, 0.25) is 0 Å². The second kappa shape index (κ2) is 8.38. The minimum Gasteiger partial charge on any atom is -0.424 e. The van der Waals surface area contributed by atoms with Gasteiger partial charge in [0.15, 0.2) is 5.65 Å². The van der Waals surface area contributed by atoms with Gasteiger partial charge in [-0.25, -0.2) is 23.8 Å². The van der Waals surface area contributed by atoms with Crippen molar-refractivity contribution in [3.63, 3.8) is 0 Å². The molecule has 4 heterocycles. The van der Waals surface area contributed by atoms with Crippen LogP contribution in [0.2, 0.25) is 0 Å². The fraction of sp³-hybridized carbons (Fsp3) is 0.0741. The first kappa shape index (κ1) is 21.6. The van der Waals surface area contributed by atoms with E-state index in [1.165, 1.54) is 18.6 Å². The Hall–Kier alpha value is -4.92. The summed E-state index contributed by atoms with van der Waals surface area (Å²) >= 11 is 0. The average molecular weight is 478 g/mol. The van der Waals surface area contributed by atoms with E-state index in [0.717, 1.165) is 22.7 Å². The number of benzene rings is 2. The molecule has 0 aliphatic rings. The minimum absolute atomic E-state index is 0.195. The van der Waals surface area contributed by atoms with Crippen molar-refractivity contribution in [1.82, 2.24) is 24.7 Å². The third kappa shape index (κ3) is 3.40. The van der Waals surface area contributed by atoms with Crippen LogP contribution in [0, 0.1) is 5.82 Å². The summed E-state index contributed by atoms with van der Waals surface area (Å²) in [6.07, 6.45) is 3.95. The monoisotopic (exact) mass is 478 g/mol.